The summed E-state index contributed by atoms with van der Waals surface area (Å²) in [4.78, 5) is 14.6. The van der Waals surface area contributed by atoms with Gasteiger partial charge in [-0.1, -0.05) is 25.4 Å². The fourth-order valence-corrected chi connectivity index (χ4v) is 4.11. The molecule has 3 atom stereocenters. The van der Waals surface area contributed by atoms with Crippen LogP contribution < -0.4 is 11.1 Å². The van der Waals surface area contributed by atoms with Gasteiger partial charge in [0.15, 0.2) is 0 Å². The summed E-state index contributed by atoms with van der Waals surface area (Å²) in [6.45, 7) is 8.21. The molecule has 6 heteroatoms. The molecule has 21 heavy (non-hydrogen) atoms. The predicted molar refractivity (Wildman–Crippen MR) is 92.0 cm³/mol. The smallest absolute Gasteiger partial charge is 0.241 e. The molecule has 1 aromatic rings. The largest absolute Gasteiger partial charge is 0.397 e. The maximum Gasteiger partial charge on any atom is 0.241 e. The van der Waals surface area contributed by atoms with Crippen molar-refractivity contribution in [2.24, 2.45) is 0 Å². The third kappa shape index (κ3) is 4.28. The Bertz CT molecular complexity index is 516. The number of carbonyl (C=O) groups excluding carboxylic acids is 1. The van der Waals surface area contributed by atoms with Crippen molar-refractivity contribution in [1.82, 2.24) is 4.90 Å². The summed E-state index contributed by atoms with van der Waals surface area (Å²) in [5.41, 5.74) is 6.98. The molecule has 1 heterocycles. The first-order valence-corrected chi connectivity index (χ1v) is 8.44. The number of thioether (sulfide) groups is 1. The third-order valence-electron chi connectivity index (χ3n) is 3.65. The van der Waals surface area contributed by atoms with E-state index in [0.29, 0.717) is 26.9 Å². The van der Waals surface area contributed by atoms with Crippen LogP contribution in [0.2, 0.25) is 5.02 Å². The van der Waals surface area contributed by atoms with Crippen LogP contribution in [0.15, 0.2) is 18.2 Å². The van der Waals surface area contributed by atoms with Gasteiger partial charge in [-0.05, 0) is 25.1 Å². The molecule has 3 N–H and O–H groups in total. The maximum absolute atomic E-state index is 12.4. The maximum atomic E-state index is 12.4. The van der Waals surface area contributed by atoms with Crippen LogP contribution in [-0.2, 0) is 4.79 Å². The van der Waals surface area contributed by atoms with Crippen molar-refractivity contribution in [3.8, 4) is 0 Å². The first-order valence-electron chi connectivity index (χ1n) is 7.12. The summed E-state index contributed by atoms with van der Waals surface area (Å²) in [5, 5.41) is 4.55. The van der Waals surface area contributed by atoms with Crippen molar-refractivity contribution in [1.29, 1.82) is 0 Å². The number of carbonyl (C=O) groups is 1. The molecule has 3 unspecified atom stereocenters. The summed E-state index contributed by atoms with van der Waals surface area (Å²) in [6.07, 6.45) is 0. The van der Waals surface area contributed by atoms with Gasteiger partial charge >= 0.3 is 0 Å². The number of nitrogens with zero attached hydrogens (tertiary/aromatic N) is 1. The van der Waals surface area contributed by atoms with E-state index in [1.54, 1.807) is 18.2 Å². The molecule has 0 spiro atoms. The number of hydrogen-bond acceptors (Lipinski definition) is 4. The number of nitrogens with one attached hydrogen (secondary N) is 1. The second-order valence-corrected chi connectivity index (χ2v) is 7.93. The van der Waals surface area contributed by atoms with Crippen molar-refractivity contribution in [3.63, 3.8) is 0 Å². The van der Waals surface area contributed by atoms with Crippen LogP contribution in [0.5, 0.6) is 0 Å². The molecule has 1 aromatic carbocycles. The topological polar surface area (TPSA) is 58.4 Å². The Morgan fingerprint density at radius 1 is 1.43 bits per heavy atom. The molecular formula is C15H22ClN3OS. The van der Waals surface area contributed by atoms with Gasteiger partial charge in [0.2, 0.25) is 5.91 Å². The van der Waals surface area contributed by atoms with Gasteiger partial charge in [-0.15, -0.1) is 0 Å². The lowest BCUT2D eigenvalue weighted by Crippen LogP contribution is -2.49. The fraction of sp³-hybridized carbons (Fsp3) is 0.533. The molecule has 0 radical (unpaired) electrons. The molecule has 1 aliphatic heterocycles. The first-order chi connectivity index (χ1) is 9.86. The Kier molecular flexibility index (Phi) is 5.41. The van der Waals surface area contributed by atoms with Crippen LogP contribution in [0, 0.1) is 0 Å². The zero-order valence-corrected chi connectivity index (χ0v) is 14.2. The SMILES string of the molecule is CC1CN(C(C)C(=O)Nc2ccc(Cl)cc2N)CC(C)S1. The Morgan fingerprint density at radius 2 is 2.05 bits per heavy atom. The minimum Gasteiger partial charge on any atom is -0.397 e. The number of nitrogens with two attached hydrogens (primary N) is 1. The number of amides is 1. The Balaban J connectivity index is 2.02. The molecular weight excluding hydrogens is 306 g/mol. The molecule has 2 rings (SSSR count). The predicted octanol–water partition coefficient (Wildman–Crippen LogP) is 3.08. The van der Waals surface area contributed by atoms with Gasteiger partial charge in [0.05, 0.1) is 17.4 Å². The number of rotatable bonds is 3. The number of benzene rings is 1. The second-order valence-electron chi connectivity index (χ2n) is 5.61. The highest BCUT2D eigenvalue weighted by Crippen LogP contribution is 2.27. The molecule has 0 saturated carbocycles. The fourth-order valence-electron chi connectivity index (χ4n) is 2.58. The standard InChI is InChI=1S/C15H22ClN3OS/c1-9-7-19(8-10(2)21-9)11(3)15(20)18-14-5-4-12(16)6-13(14)17/h4-6,9-11H,7-8,17H2,1-3H3,(H,18,20). The van der Waals surface area contributed by atoms with Gasteiger partial charge in [0.1, 0.15) is 0 Å². The van der Waals surface area contributed by atoms with Gasteiger partial charge in [-0.2, -0.15) is 11.8 Å². The van der Waals surface area contributed by atoms with Gasteiger partial charge < -0.3 is 11.1 Å². The van der Waals surface area contributed by atoms with E-state index in [1.807, 2.05) is 18.7 Å². The van der Waals surface area contributed by atoms with Gasteiger partial charge in [0.25, 0.3) is 0 Å². The van der Waals surface area contributed by atoms with Crippen LogP contribution in [0.3, 0.4) is 0 Å². The molecule has 1 fully saturated rings. The molecule has 1 amide bonds. The van der Waals surface area contributed by atoms with E-state index in [1.165, 1.54) is 0 Å². The minimum absolute atomic E-state index is 0.0321. The second kappa shape index (κ2) is 6.90. The number of halogens is 1. The van der Waals surface area contributed by atoms with E-state index in [-0.39, 0.29) is 11.9 Å². The molecule has 1 aliphatic rings. The summed E-state index contributed by atoms with van der Waals surface area (Å²) in [5.74, 6) is -0.0321. The first kappa shape index (κ1) is 16.5. The van der Waals surface area contributed by atoms with E-state index in [0.717, 1.165) is 13.1 Å². The normalized spacial score (nSPS) is 24.6. The van der Waals surface area contributed by atoms with Gasteiger partial charge in [-0.25, -0.2) is 0 Å². The third-order valence-corrected chi connectivity index (χ3v) is 5.11. The summed E-state index contributed by atoms with van der Waals surface area (Å²) in [7, 11) is 0. The molecule has 116 valence electrons. The van der Waals surface area contributed by atoms with Crippen LogP contribution in [0.1, 0.15) is 20.8 Å². The zero-order valence-electron chi connectivity index (χ0n) is 12.6. The molecule has 0 bridgehead atoms. The summed E-state index contributed by atoms with van der Waals surface area (Å²) < 4.78 is 0. The van der Waals surface area contributed by atoms with E-state index in [9.17, 15) is 4.79 Å². The lowest BCUT2D eigenvalue weighted by molar-refractivity contribution is -0.120. The van der Waals surface area contributed by atoms with Gasteiger partial charge in [-0.3, -0.25) is 9.69 Å². The quantitative estimate of drug-likeness (QED) is 0.838. The van der Waals surface area contributed by atoms with Crippen molar-refractivity contribution in [2.45, 2.75) is 37.3 Å². The lowest BCUT2D eigenvalue weighted by Gasteiger charge is -2.37. The highest BCUT2D eigenvalue weighted by Gasteiger charge is 2.29. The minimum atomic E-state index is -0.175. The van der Waals surface area contributed by atoms with Crippen molar-refractivity contribution in [3.05, 3.63) is 23.2 Å². The number of anilines is 2. The number of hydrogen-bond donors (Lipinski definition) is 2. The molecule has 1 saturated heterocycles. The summed E-state index contributed by atoms with van der Waals surface area (Å²) in [6, 6.07) is 4.93. The molecule has 0 aromatic heterocycles. The zero-order chi connectivity index (χ0) is 15.6. The van der Waals surface area contributed by atoms with Crippen LogP contribution in [0.4, 0.5) is 11.4 Å². The molecule has 0 aliphatic carbocycles. The van der Waals surface area contributed by atoms with E-state index in [4.69, 9.17) is 17.3 Å². The van der Waals surface area contributed by atoms with Crippen LogP contribution in [0.25, 0.3) is 0 Å². The van der Waals surface area contributed by atoms with Crippen molar-refractivity contribution < 1.29 is 4.79 Å². The van der Waals surface area contributed by atoms with Crippen molar-refractivity contribution >= 4 is 40.6 Å². The van der Waals surface area contributed by atoms with E-state index >= 15 is 0 Å². The van der Waals surface area contributed by atoms with Crippen LogP contribution in [-0.4, -0.2) is 40.4 Å². The average molecular weight is 328 g/mol. The highest BCUT2D eigenvalue weighted by atomic mass is 35.5. The Hall–Kier alpha value is -0.910. The average Bonchev–Trinajstić information content (AvgIpc) is 2.40. The van der Waals surface area contributed by atoms with E-state index in [2.05, 4.69) is 24.1 Å². The Labute approximate surface area is 135 Å². The monoisotopic (exact) mass is 327 g/mol. The molecule has 4 nitrogen and oxygen atoms in total. The van der Waals surface area contributed by atoms with Crippen LogP contribution >= 0.6 is 23.4 Å². The highest BCUT2D eigenvalue weighted by molar-refractivity contribution is 8.00. The Morgan fingerprint density at radius 3 is 2.62 bits per heavy atom. The van der Waals surface area contributed by atoms with E-state index < -0.39 is 0 Å². The van der Waals surface area contributed by atoms with Crippen molar-refractivity contribution in [2.75, 3.05) is 24.1 Å². The lowest BCUT2D eigenvalue weighted by atomic mass is 10.2. The summed E-state index contributed by atoms with van der Waals surface area (Å²) >= 11 is 7.84. The number of nitrogen functional groups attached to an aromatic ring is 1. The van der Waals surface area contributed by atoms with Gasteiger partial charge in [0, 0.05) is 28.6 Å².